The first-order chi connectivity index (χ1) is 8.56. The van der Waals surface area contributed by atoms with E-state index in [1.54, 1.807) is 30.3 Å². The standard InChI is InChI=1S/C13H8BrClINO/c14-9-3-1-8(2-4-9)13(18)17-12-6-5-10(15)7-11(12)16/h1-7H,(H,17,18). The Morgan fingerprint density at radius 2 is 1.83 bits per heavy atom. The first-order valence-corrected chi connectivity index (χ1v) is 7.33. The van der Waals surface area contributed by atoms with Crippen LogP contribution in [0.2, 0.25) is 5.02 Å². The van der Waals surface area contributed by atoms with Crippen LogP contribution in [-0.2, 0) is 0 Å². The maximum absolute atomic E-state index is 12.0. The molecule has 2 aromatic carbocycles. The van der Waals surface area contributed by atoms with Gasteiger partial charge in [-0.05, 0) is 65.1 Å². The van der Waals surface area contributed by atoms with Gasteiger partial charge in [-0.3, -0.25) is 4.79 Å². The average Bonchev–Trinajstić information content (AvgIpc) is 2.33. The van der Waals surface area contributed by atoms with Crippen LogP contribution in [0.4, 0.5) is 5.69 Å². The normalized spacial score (nSPS) is 10.2. The lowest BCUT2D eigenvalue weighted by Crippen LogP contribution is -2.12. The van der Waals surface area contributed by atoms with Gasteiger partial charge in [-0.25, -0.2) is 0 Å². The van der Waals surface area contributed by atoms with Crippen molar-refractivity contribution in [2.24, 2.45) is 0 Å². The van der Waals surface area contributed by atoms with Gasteiger partial charge in [0.15, 0.2) is 0 Å². The molecule has 5 heteroatoms. The van der Waals surface area contributed by atoms with Gasteiger partial charge in [0, 0.05) is 18.6 Å². The average molecular weight is 436 g/mol. The third-order valence-corrected chi connectivity index (χ3v) is 3.94. The number of carbonyl (C=O) groups is 1. The molecule has 0 fully saturated rings. The molecular formula is C13H8BrClINO. The molecule has 92 valence electrons. The number of rotatable bonds is 2. The van der Waals surface area contributed by atoms with Crippen LogP contribution in [0.15, 0.2) is 46.9 Å². The molecule has 0 unspecified atom stereocenters. The van der Waals surface area contributed by atoms with Gasteiger partial charge < -0.3 is 5.32 Å². The lowest BCUT2D eigenvalue weighted by atomic mass is 10.2. The number of benzene rings is 2. The number of amides is 1. The zero-order valence-corrected chi connectivity index (χ0v) is 13.6. The SMILES string of the molecule is O=C(Nc1ccc(Cl)cc1I)c1ccc(Br)cc1. The Labute approximate surface area is 132 Å². The Bertz CT molecular complexity index is 586. The van der Waals surface area contributed by atoms with Crippen LogP contribution >= 0.6 is 50.1 Å². The van der Waals surface area contributed by atoms with Crippen molar-refractivity contribution in [2.45, 2.75) is 0 Å². The monoisotopic (exact) mass is 435 g/mol. The predicted molar refractivity (Wildman–Crippen MR) is 86.3 cm³/mol. The van der Waals surface area contributed by atoms with Crippen LogP contribution in [0.3, 0.4) is 0 Å². The number of halogens is 3. The molecule has 0 bridgehead atoms. The quantitative estimate of drug-likeness (QED) is 0.663. The third-order valence-electron chi connectivity index (χ3n) is 2.29. The second-order valence-corrected chi connectivity index (χ2v) is 6.10. The van der Waals surface area contributed by atoms with E-state index in [4.69, 9.17) is 11.6 Å². The van der Waals surface area contributed by atoms with Crippen molar-refractivity contribution in [3.05, 3.63) is 61.1 Å². The van der Waals surface area contributed by atoms with Crippen LogP contribution in [0.1, 0.15) is 10.4 Å². The van der Waals surface area contributed by atoms with Crippen molar-refractivity contribution in [3.8, 4) is 0 Å². The van der Waals surface area contributed by atoms with E-state index in [2.05, 4.69) is 43.8 Å². The summed E-state index contributed by atoms with van der Waals surface area (Å²) >= 11 is 11.3. The van der Waals surface area contributed by atoms with E-state index in [0.29, 0.717) is 10.6 Å². The molecule has 0 atom stereocenters. The van der Waals surface area contributed by atoms with E-state index in [0.717, 1.165) is 13.7 Å². The van der Waals surface area contributed by atoms with Crippen molar-refractivity contribution in [1.82, 2.24) is 0 Å². The fraction of sp³-hybridized carbons (Fsp3) is 0. The molecule has 2 nitrogen and oxygen atoms in total. The third kappa shape index (κ3) is 3.46. The summed E-state index contributed by atoms with van der Waals surface area (Å²) in [6, 6.07) is 12.6. The molecule has 0 saturated heterocycles. The lowest BCUT2D eigenvalue weighted by molar-refractivity contribution is 0.102. The number of carbonyl (C=O) groups excluding carboxylic acids is 1. The van der Waals surface area contributed by atoms with Crippen molar-refractivity contribution in [2.75, 3.05) is 5.32 Å². The van der Waals surface area contributed by atoms with Gasteiger partial charge in [0.2, 0.25) is 0 Å². The number of hydrogen-bond acceptors (Lipinski definition) is 1. The van der Waals surface area contributed by atoms with Crippen LogP contribution in [-0.4, -0.2) is 5.91 Å². The smallest absolute Gasteiger partial charge is 0.255 e. The molecular weight excluding hydrogens is 428 g/mol. The molecule has 0 aliphatic carbocycles. The minimum Gasteiger partial charge on any atom is -0.321 e. The molecule has 1 amide bonds. The van der Waals surface area contributed by atoms with E-state index in [1.807, 2.05) is 12.1 Å². The van der Waals surface area contributed by atoms with Crippen molar-refractivity contribution < 1.29 is 4.79 Å². The minimum absolute atomic E-state index is 0.136. The Hall–Kier alpha value is -0.590. The fourth-order valence-corrected chi connectivity index (χ4v) is 2.66. The van der Waals surface area contributed by atoms with Gasteiger partial charge in [0.1, 0.15) is 0 Å². The highest BCUT2D eigenvalue weighted by Gasteiger charge is 2.08. The molecule has 0 aromatic heterocycles. The Morgan fingerprint density at radius 3 is 2.44 bits per heavy atom. The first-order valence-electron chi connectivity index (χ1n) is 5.08. The second kappa shape index (κ2) is 6.04. The van der Waals surface area contributed by atoms with Crippen molar-refractivity contribution in [1.29, 1.82) is 0 Å². The Balaban J connectivity index is 2.18. The molecule has 2 aromatic rings. The highest BCUT2D eigenvalue weighted by molar-refractivity contribution is 14.1. The van der Waals surface area contributed by atoms with E-state index in [1.165, 1.54) is 0 Å². The number of nitrogens with one attached hydrogen (secondary N) is 1. The molecule has 0 radical (unpaired) electrons. The van der Waals surface area contributed by atoms with Gasteiger partial charge in [-0.1, -0.05) is 27.5 Å². The van der Waals surface area contributed by atoms with Crippen LogP contribution < -0.4 is 5.32 Å². The van der Waals surface area contributed by atoms with Gasteiger partial charge in [-0.15, -0.1) is 0 Å². The van der Waals surface area contributed by atoms with Crippen molar-refractivity contribution >= 4 is 61.7 Å². The molecule has 0 spiro atoms. The molecule has 1 N–H and O–H groups in total. The van der Waals surface area contributed by atoms with Gasteiger partial charge >= 0.3 is 0 Å². The zero-order valence-electron chi connectivity index (χ0n) is 9.08. The predicted octanol–water partition coefficient (Wildman–Crippen LogP) is 4.96. The molecule has 2 rings (SSSR count). The summed E-state index contributed by atoms with van der Waals surface area (Å²) in [5, 5.41) is 3.51. The summed E-state index contributed by atoms with van der Waals surface area (Å²) in [6.07, 6.45) is 0. The molecule has 0 aliphatic heterocycles. The van der Waals surface area contributed by atoms with Gasteiger partial charge in [-0.2, -0.15) is 0 Å². The molecule has 0 heterocycles. The highest BCUT2D eigenvalue weighted by Crippen LogP contribution is 2.23. The maximum atomic E-state index is 12.0. The fourth-order valence-electron chi connectivity index (χ4n) is 1.39. The topological polar surface area (TPSA) is 29.1 Å². The Kier molecular flexibility index (Phi) is 4.64. The number of anilines is 1. The van der Waals surface area contributed by atoms with E-state index < -0.39 is 0 Å². The lowest BCUT2D eigenvalue weighted by Gasteiger charge is -2.07. The summed E-state index contributed by atoms with van der Waals surface area (Å²) in [5.74, 6) is -0.136. The molecule has 0 saturated carbocycles. The summed E-state index contributed by atoms with van der Waals surface area (Å²) < 4.78 is 1.85. The van der Waals surface area contributed by atoms with E-state index in [-0.39, 0.29) is 5.91 Å². The molecule has 18 heavy (non-hydrogen) atoms. The molecule has 0 aliphatic rings. The summed E-state index contributed by atoms with van der Waals surface area (Å²) in [6.45, 7) is 0. The highest BCUT2D eigenvalue weighted by atomic mass is 127. The first kappa shape index (κ1) is 13.8. The summed E-state index contributed by atoms with van der Waals surface area (Å²) in [4.78, 5) is 12.0. The van der Waals surface area contributed by atoms with E-state index >= 15 is 0 Å². The maximum Gasteiger partial charge on any atom is 0.255 e. The second-order valence-electron chi connectivity index (χ2n) is 3.59. The minimum atomic E-state index is -0.136. The van der Waals surface area contributed by atoms with Crippen molar-refractivity contribution in [3.63, 3.8) is 0 Å². The van der Waals surface area contributed by atoms with E-state index in [9.17, 15) is 4.79 Å². The largest absolute Gasteiger partial charge is 0.321 e. The van der Waals surface area contributed by atoms with Crippen LogP contribution in [0.5, 0.6) is 0 Å². The number of hydrogen-bond donors (Lipinski definition) is 1. The van der Waals surface area contributed by atoms with Gasteiger partial charge in [0.25, 0.3) is 5.91 Å². The summed E-state index contributed by atoms with van der Waals surface area (Å²) in [5.41, 5.74) is 1.37. The zero-order chi connectivity index (χ0) is 13.1. The Morgan fingerprint density at radius 1 is 1.17 bits per heavy atom. The summed E-state index contributed by atoms with van der Waals surface area (Å²) in [7, 11) is 0. The van der Waals surface area contributed by atoms with Crippen LogP contribution in [0.25, 0.3) is 0 Å². The van der Waals surface area contributed by atoms with Gasteiger partial charge in [0.05, 0.1) is 5.69 Å². The van der Waals surface area contributed by atoms with Crippen LogP contribution in [0, 0.1) is 3.57 Å².